The molecule has 2 rings (SSSR count). The van der Waals surface area contributed by atoms with E-state index in [1.54, 1.807) is 17.9 Å². The minimum Gasteiger partial charge on any atom is -0.481 e. The number of aromatic nitrogens is 2. The molecule has 0 radical (unpaired) electrons. The summed E-state index contributed by atoms with van der Waals surface area (Å²) in [6, 6.07) is 1.64. The van der Waals surface area contributed by atoms with E-state index in [0.717, 1.165) is 0 Å². The molecule has 1 aromatic heterocycles. The molecule has 1 aromatic rings. The molecule has 2 heterocycles. The number of piperidine rings is 1. The highest BCUT2D eigenvalue weighted by molar-refractivity contribution is 5.35. The van der Waals surface area contributed by atoms with Crippen LogP contribution in [0, 0.1) is 6.92 Å². The lowest BCUT2D eigenvalue weighted by atomic mass is 9.91. The van der Waals surface area contributed by atoms with Crippen LogP contribution in [0.4, 0.5) is 19.1 Å². The van der Waals surface area contributed by atoms with Crippen LogP contribution in [0.25, 0.3) is 0 Å². The molecule has 5 nitrogen and oxygen atoms in total. The average Bonchev–Trinajstić information content (AvgIpc) is 2.37. The molecule has 20 heavy (non-hydrogen) atoms. The van der Waals surface area contributed by atoms with Crippen LogP contribution in [0.1, 0.15) is 18.5 Å². The molecule has 8 heteroatoms. The third-order valence-corrected chi connectivity index (χ3v) is 3.43. The van der Waals surface area contributed by atoms with Gasteiger partial charge < -0.3 is 14.7 Å². The largest absolute Gasteiger partial charge is 0.481 e. The number of rotatable bonds is 2. The Labute approximate surface area is 114 Å². The zero-order chi connectivity index (χ0) is 15.0. The van der Waals surface area contributed by atoms with E-state index in [2.05, 4.69) is 9.97 Å². The second kappa shape index (κ2) is 5.08. The first-order valence-corrected chi connectivity index (χ1v) is 6.19. The third-order valence-electron chi connectivity index (χ3n) is 3.43. The Hall–Kier alpha value is -1.57. The molecule has 0 spiro atoms. The van der Waals surface area contributed by atoms with E-state index in [-0.39, 0.29) is 13.1 Å². The van der Waals surface area contributed by atoms with Crippen LogP contribution >= 0.6 is 0 Å². The predicted molar refractivity (Wildman–Crippen MR) is 65.8 cm³/mol. The Morgan fingerprint density at radius 2 is 1.90 bits per heavy atom. The summed E-state index contributed by atoms with van der Waals surface area (Å²) in [5.41, 5.74) is -1.94. The minimum absolute atomic E-state index is 0.0443. The number of anilines is 1. The van der Waals surface area contributed by atoms with Crippen LogP contribution in [0.15, 0.2) is 6.07 Å². The summed E-state index contributed by atoms with van der Waals surface area (Å²) in [7, 11) is 1.46. The fourth-order valence-electron chi connectivity index (χ4n) is 2.13. The number of halogens is 3. The van der Waals surface area contributed by atoms with E-state index in [4.69, 9.17) is 4.74 Å². The van der Waals surface area contributed by atoms with E-state index in [1.807, 2.05) is 0 Å². The van der Waals surface area contributed by atoms with E-state index in [9.17, 15) is 18.3 Å². The minimum atomic E-state index is -4.61. The van der Waals surface area contributed by atoms with Gasteiger partial charge in [-0.25, -0.2) is 4.98 Å². The van der Waals surface area contributed by atoms with Gasteiger partial charge in [-0.2, -0.15) is 18.2 Å². The summed E-state index contributed by atoms with van der Waals surface area (Å²) in [5.74, 6) is 0.690. The van der Waals surface area contributed by atoms with Crippen molar-refractivity contribution in [2.45, 2.75) is 31.5 Å². The second-order valence-electron chi connectivity index (χ2n) is 4.87. The number of alkyl halides is 3. The first kappa shape index (κ1) is 14.8. The van der Waals surface area contributed by atoms with E-state index in [1.165, 1.54) is 7.11 Å². The van der Waals surface area contributed by atoms with Crippen LogP contribution in [-0.4, -0.2) is 47.1 Å². The van der Waals surface area contributed by atoms with Gasteiger partial charge in [0.1, 0.15) is 0 Å². The highest BCUT2D eigenvalue weighted by atomic mass is 19.4. The molecule has 1 fully saturated rings. The molecular formula is C12H16F3N3O2. The number of hydrogen-bond acceptors (Lipinski definition) is 5. The molecule has 0 aliphatic carbocycles. The fraction of sp³-hybridized carbons (Fsp3) is 0.667. The summed E-state index contributed by atoms with van der Waals surface area (Å²) in [6.45, 7) is 1.84. The molecule has 1 saturated heterocycles. The number of ether oxygens (including phenoxy) is 1. The molecule has 0 amide bonds. The van der Waals surface area contributed by atoms with Crippen LogP contribution in [0.5, 0.6) is 5.88 Å². The average molecular weight is 291 g/mol. The monoisotopic (exact) mass is 291 g/mol. The summed E-state index contributed by atoms with van der Waals surface area (Å²) in [6.07, 6.45) is -5.39. The quantitative estimate of drug-likeness (QED) is 0.898. The highest BCUT2D eigenvalue weighted by Crippen LogP contribution is 2.38. The lowest BCUT2D eigenvalue weighted by Gasteiger charge is -2.39. The van der Waals surface area contributed by atoms with Gasteiger partial charge >= 0.3 is 6.18 Å². The van der Waals surface area contributed by atoms with Crippen molar-refractivity contribution in [1.29, 1.82) is 0 Å². The number of methoxy groups -OCH3 is 1. The molecule has 0 saturated carbocycles. The first-order chi connectivity index (χ1) is 9.25. The van der Waals surface area contributed by atoms with Crippen molar-refractivity contribution in [2.24, 2.45) is 0 Å². The zero-order valence-corrected chi connectivity index (χ0v) is 11.2. The van der Waals surface area contributed by atoms with Gasteiger partial charge in [0.2, 0.25) is 11.8 Å². The summed E-state index contributed by atoms with van der Waals surface area (Å²) >= 11 is 0. The molecule has 1 aliphatic heterocycles. The van der Waals surface area contributed by atoms with Gasteiger partial charge in [0.25, 0.3) is 0 Å². The Morgan fingerprint density at radius 3 is 2.40 bits per heavy atom. The lowest BCUT2D eigenvalue weighted by Crippen LogP contribution is -2.53. The number of nitrogens with zero attached hydrogens (tertiary/aromatic N) is 3. The third kappa shape index (κ3) is 2.79. The Bertz CT molecular complexity index is 485. The smallest absolute Gasteiger partial charge is 0.417 e. The molecule has 1 aliphatic rings. The Balaban J connectivity index is 2.13. The molecular weight excluding hydrogens is 275 g/mol. The van der Waals surface area contributed by atoms with E-state index < -0.39 is 24.6 Å². The Morgan fingerprint density at radius 1 is 1.30 bits per heavy atom. The van der Waals surface area contributed by atoms with Gasteiger partial charge in [0.05, 0.1) is 7.11 Å². The van der Waals surface area contributed by atoms with Gasteiger partial charge in [-0.3, -0.25) is 0 Å². The van der Waals surface area contributed by atoms with Crippen LogP contribution < -0.4 is 9.64 Å². The lowest BCUT2D eigenvalue weighted by molar-refractivity contribution is -0.266. The first-order valence-electron chi connectivity index (χ1n) is 6.19. The van der Waals surface area contributed by atoms with Crippen molar-refractivity contribution in [3.05, 3.63) is 11.8 Å². The summed E-state index contributed by atoms with van der Waals surface area (Å²) < 4.78 is 43.2. The maximum atomic E-state index is 12.7. The number of aliphatic hydroxyl groups is 1. The van der Waals surface area contributed by atoms with Gasteiger partial charge in [-0.05, 0) is 6.92 Å². The van der Waals surface area contributed by atoms with Gasteiger partial charge in [-0.15, -0.1) is 0 Å². The Kier molecular flexibility index (Phi) is 3.77. The van der Waals surface area contributed by atoms with Gasteiger partial charge in [0, 0.05) is 37.7 Å². The van der Waals surface area contributed by atoms with Crippen LogP contribution in [-0.2, 0) is 0 Å². The summed E-state index contributed by atoms with van der Waals surface area (Å²) in [5, 5.41) is 9.61. The molecule has 1 N–H and O–H groups in total. The van der Waals surface area contributed by atoms with Crippen molar-refractivity contribution in [2.75, 3.05) is 25.1 Å². The van der Waals surface area contributed by atoms with Crippen LogP contribution in [0.2, 0.25) is 0 Å². The van der Waals surface area contributed by atoms with Crippen molar-refractivity contribution in [3.8, 4) is 5.88 Å². The normalized spacial score (nSPS) is 19.0. The van der Waals surface area contributed by atoms with Crippen molar-refractivity contribution in [1.82, 2.24) is 9.97 Å². The van der Waals surface area contributed by atoms with E-state index in [0.29, 0.717) is 17.5 Å². The maximum Gasteiger partial charge on any atom is 0.417 e. The van der Waals surface area contributed by atoms with Crippen molar-refractivity contribution >= 4 is 5.95 Å². The van der Waals surface area contributed by atoms with Gasteiger partial charge in [0.15, 0.2) is 5.60 Å². The zero-order valence-electron chi connectivity index (χ0n) is 11.2. The maximum absolute atomic E-state index is 12.7. The fourth-order valence-corrected chi connectivity index (χ4v) is 2.13. The molecule has 0 aromatic carbocycles. The van der Waals surface area contributed by atoms with Crippen molar-refractivity contribution in [3.63, 3.8) is 0 Å². The standard InChI is InChI=1S/C12H16F3N3O2/c1-8-7-9(20-2)17-10(16-8)18-5-3-11(19,4-6-18)12(13,14)15/h7,19H,3-6H2,1-2H3. The van der Waals surface area contributed by atoms with Gasteiger partial charge in [-0.1, -0.05) is 0 Å². The molecule has 0 unspecified atom stereocenters. The van der Waals surface area contributed by atoms with Crippen LogP contribution in [0.3, 0.4) is 0 Å². The number of hydrogen-bond donors (Lipinski definition) is 1. The molecule has 112 valence electrons. The molecule has 0 bridgehead atoms. The SMILES string of the molecule is COc1cc(C)nc(N2CCC(O)(C(F)(F)F)CC2)n1. The predicted octanol–water partition coefficient (Wildman–Crippen LogP) is 1.69. The van der Waals surface area contributed by atoms with E-state index >= 15 is 0 Å². The number of aryl methyl sites for hydroxylation is 1. The summed E-state index contributed by atoms with van der Waals surface area (Å²) in [4.78, 5) is 9.92. The van der Waals surface area contributed by atoms with Crippen molar-refractivity contribution < 1.29 is 23.0 Å². The molecule has 0 atom stereocenters. The highest BCUT2D eigenvalue weighted by Gasteiger charge is 2.54. The second-order valence-corrected chi connectivity index (χ2v) is 4.87. The topological polar surface area (TPSA) is 58.5 Å².